The summed E-state index contributed by atoms with van der Waals surface area (Å²) in [5.74, 6) is -1.12. The van der Waals surface area contributed by atoms with Crippen molar-refractivity contribution < 1.29 is 22.7 Å². The van der Waals surface area contributed by atoms with Crippen LogP contribution in [-0.2, 0) is 18.3 Å². The number of piperazine rings is 1. The molecule has 0 spiro atoms. The number of amides is 1. The molecular formula is C24H25F3N6O3. The van der Waals surface area contributed by atoms with Gasteiger partial charge in [-0.2, -0.15) is 0 Å². The van der Waals surface area contributed by atoms with Crippen LogP contribution in [0.4, 0.5) is 19.0 Å². The third kappa shape index (κ3) is 4.42. The molecule has 3 aromatic rings. The van der Waals surface area contributed by atoms with Gasteiger partial charge in [0.15, 0.2) is 0 Å². The number of carbonyl (C=O) groups is 1. The van der Waals surface area contributed by atoms with E-state index in [4.69, 9.17) is 4.74 Å². The Kier molecular flexibility index (Phi) is 6.63. The fourth-order valence-electron chi connectivity index (χ4n) is 4.54. The van der Waals surface area contributed by atoms with Crippen LogP contribution in [0.15, 0.2) is 35.4 Å². The fourth-order valence-corrected chi connectivity index (χ4v) is 4.54. The van der Waals surface area contributed by atoms with E-state index in [0.29, 0.717) is 50.8 Å². The molecule has 0 saturated carbocycles. The van der Waals surface area contributed by atoms with E-state index < -0.39 is 23.4 Å². The molecule has 0 bridgehead atoms. The number of carbonyl (C=O) groups excluding carboxylic acids is 1. The van der Waals surface area contributed by atoms with Crippen LogP contribution in [0.1, 0.15) is 27.9 Å². The van der Waals surface area contributed by atoms with Crippen molar-refractivity contribution in [2.75, 3.05) is 44.7 Å². The number of aryl methyl sites for hydroxylation is 1. The van der Waals surface area contributed by atoms with Crippen molar-refractivity contribution in [2.24, 2.45) is 7.05 Å². The third-order valence-electron chi connectivity index (χ3n) is 6.76. The molecule has 5 rings (SSSR count). The van der Waals surface area contributed by atoms with E-state index >= 15 is 0 Å². The summed E-state index contributed by atoms with van der Waals surface area (Å²) >= 11 is 0. The van der Waals surface area contributed by atoms with Crippen molar-refractivity contribution in [1.82, 2.24) is 24.3 Å². The molecule has 2 fully saturated rings. The normalized spacial score (nSPS) is 17.0. The van der Waals surface area contributed by atoms with Crippen LogP contribution >= 0.6 is 0 Å². The Bertz CT molecular complexity index is 1350. The number of hydrogen-bond donors (Lipinski definition) is 1. The van der Waals surface area contributed by atoms with Crippen LogP contribution in [-0.4, -0.2) is 75.7 Å². The van der Waals surface area contributed by atoms with Gasteiger partial charge >= 0.3 is 0 Å². The molecule has 12 heteroatoms. The summed E-state index contributed by atoms with van der Waals surface area (Å²) in [6.07, 6.45) is -1.70. The molecule has 2 saturated heterocycles. The summed E-state index contributed by atoms with van der Waals surface area (Å²) in [7, 11) is 1.51. The summed E-state index contributed by atoms with van der Waals surface area (Å²) in [5.41, 5.74) is -0.861. The molecule has 2 aliphatic rings. The van der Waals surface area contributed by atoms with Gasteiger partial charge < -0.3 is 15.0 Å². The molecule has 1 aromatic carbocycles. The van der Waals surface area contributed by atoms with Gasteiger partial charge in [-0.1, -0.05) is 18.2 Å². The number of alkyl halides is 2. The minimum atomic E-state index is -2.93. The molecule has 2 aromatic heterocycles. The first-order valence-electron chi connectivity index (χ1n) is 11.6. The molecule has 0 aliphatic carbocycles. The number of anilines is 1. The number of nitrogens with zero attached hydrogens (tertiary/aromatic N) is 5. The SMILES string of the molecule is Cn1c(=O)c(C(=O)N2CCN(C3COC3)CC2)cc2c(NCc3cccc(C(F)F)c3F)ncnc21. The Hall–Kier alpha value is -3.51. The molecule has 1 N–H and O–H groups in total. The van der Waals surface area contributed by atoms with Crippen LogP contribution < -0.4 is 10.9 Å². The molecule has 0 radical (unpaired) electrons. The highest BCUT2D eigenvalue weighted by Gasteiger charge is 2.31. The molecule has 2 aliphatic heterocycles. The summed E-state index contributed by atoms with van der Waals surface area (Å²) in [5, 5.41) is 3.33. The zero-order valence-electron chi connectivity index (χ0n) is 19.6. The highest BCUT2D eigenvalue weighted by Crippen LogP contribution is 2.26. The number of nitrogens with one attached hydrogen (secondary N) is 1. The van der Waals surface area contributed by atoms with Crippen molar-refractivity contribution >= 4 is 22.8 Å². The smallest absolute Gasteiger partial charge is 0.266 e. The first-order valence-corrected chi connectivity index (χ1v) is 11.6. The van der Waals surface area contributed by atoms with Crippen molar-refractivity contribution in [3.63, 3.8) is 0 Å². The summed E-state index contributed by atoms with van der Waals surface area (Å²) in [6, 6.07) is 5.63. The minimum absolute atomic E-state index is 0.0193. The van der Waals surface area contributed by atoms with Crippen LogP contribution in [0.2, 0.25) is 0 Å². The summed E-state index contributed by atoms with van der Waals surface area (Å²) < 4.78 is 47.1. The maximum absolute atomic E-state index is 14.5. The lowest BCUT2D eigenvalue weighted by Crippen LogP contribution is -2.57. The first-order chi connectivity index (χ1) is 17.3. The number of benzene rings is 1. The lowest BCUT2D eigenvalue weighted by molar-refractivity contribution is -0.0746. The second-order valence-electron chi connectivity index (χ2n) is 8.88. The number of rotatable bonds is 6. The Morgan fingerprint density at radius 1 is 1.19 bits per heavy atom. The van der Waals surface area contributed by atoms with Gasteiger partial charge in [-0.3, -0.25) is 19.1 Å². The summed E-state index contributed by atoms with van der Waals surface area (Å²) in [4.78, 5) is 38.6. The second-order valence-corrected chi connectivity index (χ2v) is 8.88. The second kappa shape index (κ2) is 9.86. The van der Waals surface area contributed by atoms with E-state index in [9.17, 15) is 22.8 Å². The number of aromatic nitrogens is 3. The number of hydrogen-bond acceptors (Lipinski definition) is 7. The van der Waals surface area contributed by atoms with Crippen LogP contribution in [0, 0.1) is 5.82 Å². The van der Waals surface area contributed by atoms with E-state index in [1.54, 1.807) is 4.90 Å². The van der Waals surface area contributed by atoms with Gasteiger partial charge in [-0.05, 0) is 6.07 Å². The first kappa shape index (κ1) is 24.2. The maximum Gasteiger partial charge on any atom is 0.266 e. The van der Waals surface area contributed by atoms with Gasteiger partial charge in [0.2, 0.25) is 0 Å². The van der Waals surface area contributed by atoms with Crippen molar-refractivity contribution in [1.29, 1.82) is 0 Å². The lowest BCUT2D eigenvalue weighted by atomic mass is 10.1. The van der Waals surface area contributed by atoms with Gasteiger partial charge in [0.05, 0.1) is 30.2 Å². The summed E-state index contributed by atoms with van der Waals surface area (Å²) in [6.45, 7) is 3.66. The lowest BCUT2D eigenvalue weighted by Gasteiger charge is -2.42. The fraction of sp³-hybridized carbons (Fsp3) is 0.417. The predicted octanol–water partition coefficient (Wildman–Crippen LogP) is 2.17. The van der Waals surface area contributed by atoms with Crippen LogP contribution in [0.3, 0.4) is 0 Å². The average molecular weight is 502 g/mol. The van der Waals surface area contributed by atoms with Crippen LogP contribution in [0.25, 0.3) is 11.0 Å². The van der Waals surface area contributed by atoms with Gasteiger partial charge in [0, 0.05) is 45.3 Å². The van der Waals surface area contributed by atoms with E-state index in [1.165, 1.54) is 36.1 Å². The monoisotopic (exact) mass is 502 g/mol. The third-order valence-corrected chi connectivity index (χ3v) is 6.76. The van der Waals surface area contributed by atoms with E-state index in [1.807, 2.05) is 0 Å². The molecule has 190 valence electrons. The molecule has 9 nitrogen and oxygen atoms in total. The topological polar surface area (TPSA) is 92.6 Å². The number of ether oxygens (including phenoxy) is 1. The largest absolute Gasteiger partial charge is 0.378 e. The Morgan fingerprint density at radius 3 is 2.61 bits per heavy atom. The number of halogens is 3. The highest BCUT2D eigenvalue weighted by molar-refractivity contribution is 5.99. The van der Waals surface area contributed by atoms with Crippen molar-refractivity contribution in [2.45, 2.75) is 19.0 Å². The maximum atomic E-state index is 14.5. The van der Waals surface area contributed by atoms with Gasteiger partial charge in [-0.15, -0.1) is 0 Å². The molecule has 1 amide bonds. The number of fused-ring (bicyclic) bond motifs is 1. The van der Waals surface area contributed by atoms with Gasteiger partial charge in [0.1, 0.15) is 29.2 Å². The highest BCUT2D eigenvalue weighted by atomic mass is 19.3. The van der Waals surface area contributed by atoms with Crippen molar-refractivity contribution in [3.8, 4) is 0 Å². The zero-order valence-corrected chi connectivity index (χ0v) is 19.6. The quantitative estimate of drug-likeness (QED) is 0.553. The average Bonchev–Trinajstić information content (AvgIpc) is 2.84. The zero-order chi connectivity index (χ0) is 25.4. The minimum Gasteiger partial charge on any atom is -0.378 e. The Morgan fingerprint density at radius 2 is 1.94 bits per heavy atom. The van der Waals surface area contributed by atoms with Gasteiger partial charge in [-0.25, -0.2) is 23.1 Å². The molecule has 36 heavy (non-hydrogen) atoms. The standard InChI is InChI=1S/C24H25F3N6O3/c1-31-22-17(21(29-13-30-22)28-10-14-3-2-4-16(19(14)25)20(26)27)9-18(23(31)34)24(35)33-7-5-32(6-8-33)15-11-36-12-15/h2-4,9,13,15,20H,5-8,10-12H2,1H3,(H,28,29,30). The molecule has 4 heterocycles. The Labute approximate surface area is 204 Å². The predicted molar refractivity (Wildman–Crippen MR) is 126 cm³/mol. The van der Waals surface area contributed by atoms with Crippen molar-refractivity contribution in [3.05, 3.63) is 63.5 Å². The molecule has 0 atom stereocenters. The number of pyridine rings is 1. The Balaban J connectivity index is 1.41. The molecule has 0 unspecified atom stereocenters. The van der Waals surface area contributed by atoms with Gasteiger partial charge in [0.25, 0.3) is 17.9 Å². The van der Waals surface area contributed by atoms with Crippen LogP contribution in [0.5, 0.6) is 0 Å². The molecular weight excluding hydrogens is 477 g/mol. The van der Waals surface area contributed by atoms with E-state index in [2.05, 4.69) is 20.2 Å². The van der Waals surface area contributed by atoms with E-state index in [0.717, 1.165) is 6.07 Å². The van der Waals surface area contributed by atoms with E-state index in [-0.39, 0.29) is 35.0 Å².